The summed E-state index contributed by atoms with van der Waals surface area (Å²) >= 11 is 3.92. The van der Waals surface area contributed by atoms with Crippen LogP contribution < -0.4 is 4.31 Å². The van der Waals surface area contributed by atoms with Crippen LogP contribution in [0.1, 0.15) is 32.9 Å². The average Bonchev–Trinajstić information content (AvgIpc) is 3.24. The molecule has 0 saturated heterocycles. The lowest BCUT2D eigenvalue weighted by Gasteiger charge is -2.24. The number of carbonyl (C=O) groups is 1. The number of anilines is 1. The number of imidazole rings is 1. The number of aromatic nitrogens is 2. The first kappa shape index (κ1) is 25.6. The number of fused-ring (bicyclic) bond motifs is 1. The molecule has 5 aromatic rings. The number of hydrogen-bond donors (Lipinski definition) is 0. The van der Waals surface area contributed by atoms with Gasteiger partial charge in [0.25, 0.3) is 5.91 Å². The lowest BCUT2D eigenvalue weighted by atomic mass is 10.0. The number of hydrogen-bond acceptors (Lipinski definition) is 4. The summed E-state index contributed by atoms with van der Waals surface area (Å²) in [7, 11) is 0. The van der Waals surface area contributed by atoms with Crippen molar-refractivity contribution in [2.45, 2.75) is 13.3 Å². The molecule has 0 bridgehead atoms. The second-order valence-electron chi connectivity index (χ2n) is 8.76. The predicted molar refractivity (Wildman–Crippen MR) is 152 cm³/mol. The van der Waals surface area contributed by atoms with E-state index in [2.05, 4.69) is 23.7 Å². The van der Waals surface area contributed by atoms with Gasteiger partial charge in [-0.2, -0.15) is 0 Å². The monoisotopic (exact) mass is 540 g/mol. The van der Waals surface area contributed by atoms with Crippen molar-refractivity contribution < 1.29 is 13.6 Å². The number of amides is 1. The van der Waals surface area contributed by atoms with Gasteiger partial charge in [0.05, 0.1) is 38.7 Å². The molecule has 1 heterocycles. The lowest BCUT2D eigenvalue weighted by Crippen LogP contribution is -2.32. The van der Waals surface area contributed by atoms with Gasteiger partial charge in [-0.3, -0.25) is 13.6 Å². The third-order valence-corrected chi connectivity index (χ3v) is 7.25. The van der Waals surface area contributed by atoms with Crippen molar-refractivity contribution >= 4 is 51.6 Å². The Kier molecular flexibility index (Phi) is 7.24. The van der Waals surface area contributed by atoms with Crippen LogP contribution in [-0.2, 0) is 17.7 Å². The highest BCUT2D eigenvalue weighted by molar-refractivity contribution is 7.81. The molecule has 5 rings (SSSR count). The third kappa shape index (κ3) is 5.04. The highest BCUT2D eigenvalue weighted by Crippen LogP contribution is 2.30. The normalized spacial score (nSPS) is 11.9. The molecule has 0 aliphatic rings. The molecule has 1 aromatic heterocycles. The molecule has 0 N–H and O–H groups in total. The molecule has 0 aliphatic carbocycles. The van der Waals surface area contributed by atoms with Crippen molar-refractivity contribution in [2.24, 2.45) is 0 Å². The van der Waals surface area contributed by atoms with Crippen molar-refractivity contribution in [2.75, 3.05) is 4.31 Å². The highest BCUT2D eigenvalue weighted by atomic mass is 35.5. The first-order valence-corrected chi connectivity index (χ1v) is 13.2. The van der Waals surface area contributed by atoms with Gasteiger partial charge in [0.1, 0.15) is 5.82 Å². The van der Waals surface area contributed by atoms with Crippen LogP contribution >= 0.6 is 11.6 Å². The Hall–Kier alpha value is -4.04. The van der Waals surface area contributed by atoms with Crippen LogP contribution in [0.2, 0.25) is 5.02 Å². The molecule has 0 saturated carbocycles. The second kappa shape index (κ2) is 10.8. The van der Waals surface area contributed by atoms with Crippen LogP contribution in [0.4, 0.5) is 5.69 Å². The Balaban J connectivity index is 1.52. The molecular weight excluding hydrogens is 518 g/mol. The van der Waals surface area contributed by atoms with E-state index in [0.717, 1.165) is 27.5 Å². The van der Waals surface area contributed by atoms with Gasteiger partial charge in [0, 0.05) is 5.56 Å². The topological polar surface area (TPSA) is 78.3 Å². The Morgan fingerprint density at radius 2 is 1.76 bits per heavy atom. The van der Waals surface area contributed by atoms with E-state index >= 15 is 0 Å². The van der Waals surface area contributed by atoms with E-state index in [9.17, 15) is 13.6 Å². The Labute approximate surface area is 228 Å². The van der Waals surface area contributed by atoms with Gasteiger partial charge in [-0.25, -0.2) is 9.29 Å². The summed E-state index contributed by atoms with van der Waals surface area (Å²) in [5, 5.41) is 0.544. The van der Waals surface area contributed by atoms with E-state index in [4.69, 9.17) is 11.6 Å². The number of carbonyl (C=O) groups excluding carboxylic acids is 1. The average molecular weight is 541 g/mol. The van der Waals surface area contributed by atoms with Gasteiger partial charge in [-0.1, -0.05) is 72.8 Å². The molecule has 1 unspecified atom stereocenters. The molecule has 0 spiro atoms. The number of benzene rings is 4. The number of halogens is 1. The maximum absolute atomic E-state index is 13.4. The molecular formula is C30H23ClN3O3S-. The van der Waals surface area contributed by atoms with E-state index in [1.165, 1.54) is 5.56 Å². The number of aryl methyl sites for hydroxylation is 1. The van der Waals surface area contributed by atoms with Crippen LogP contribution in [0.3, 0.4) is 0 Å². The van der Waals surface area contributed by atoms with Gasteiger partial charge >= 0.3 is 0 Å². The smallest absolute Gasteiger partial charge is 0.269 e. The minimum atomic E-state index is -2.82. The molecule has 1 atom stereocenters. The predicted octanol–water partition coefficient (Wildman–Crippen LogP) is 6.66. The molecule has 0 radical (unpaired) electrons. The Bertz CT molecular complexity index is 1680. The van der Waals surface area contributed by atoms with Crippen LogP contribution in [-0.4, -0.2) is 24.2 Å². The number of nitrogens with zero attached hydrogens (tertiary/aromatic N) is 3. The molecule has 38 heavy (non-hydrogen) atoms. The van der Waals surface area contributed by atoms with E-state index < -0.39 is 17.2 Å². The SMILES string of the molecule is C=Cc1ccc(N(C(=O)c2ccc3nc(C)n(-c4ccc(Cc5ccccc5)cc4Cl)c3c2)S(=O)[O-])cc1. The molecule has 4 aromatic carbocycles. The number of rotatable bonds is 7. The second-order valence-corrected chi connectivity index (χ2v) is 9.96. The summed E-state index contributed by atoms with van der Waals surface area (Å²) in [5.74, 6) is 0.00729. The van der Waals surface area contributed by atoms with Crippen LogP contribution in [0, 0.1) is 6.92 Å². The molecule has 0 aliphatic heterocycles. The van der Waals surface area contributed by atoms with Crippen molar-refractivity contribution in [3.8, 4) is 5.69 Å². The zero-order valence-electron chi connectivity index (χ0n) is 20.5. The van der Waals surface area contributed by atoms with E-state index in [1.54, 1.807) is 48.5 Å². The minimum Gasteiger partial charge on any atom is -0.755 e. The Morgan fingerprint density at radius 3 is 2.42 bits per heavy atom. The van der Waals surface area contributed by atoms with Gasteiger partial charge in [-0.15, -0.1) is 0 Å². The van der Waals surface area contributed by atoms with E-state index in [1.807, 2.05) is 47.9 Å². The van der Waals surface area contributed by atoms with Gasteiger partial charge in [0.2, 0.25) is 0 Å². The maximum Gasteiger partial charge on any atom is 0.269 e. The molecule has 6 nitrogen and oxygen atoms in total. The van der Waals surface area contributed by atoms with E-state index in [-0.39, 0.29) is 11.3 Å². The van der Waals surface area contributed by atoms with E-state index in [0.29, 0.717) is 21.9 Å². The third-order valence-electron chi connectivity index (χ3n) is 6.27. The Morgan fingerprint density at radius 1 is 1.03 bits per heavy atom. The van der Waals surface area contributed by atoms with Crippen molar-refractivity contribution in [3.63, 3.8) is 0 Å². The fourth-order valence-corrected chi connectivity index (χ4v) is 5.26. The van der Waals surface area contributed by atoms with Crippen LogP contribution in [0.25, 0.3) is 22.8 Å². The fourth-order valence-electron chi connectivity index (χ4n) is 4.44. The zero-order valence-corrected chi connectivity index (χ0v) is 22.1. The molecule has 0 fully saturated rings. The first-order chi connectivity index (χ1) is 18.4. The summed E-state index contributed by atoms with van der Waals surface area (Å²) in [5.41, 5.74) is 5.52. The van der Waals surface area contributed by atoms with Gasteiger partial charge in [-0.05, 0) is 72.5 Å². The summed E-state index contributed by atoms with van der Waals surface area (Å²) in [6.45, 7) is 5.55. The highest BCUT2D eigenvalue weighted by Gasteiger charge is 2.21. The maximum atomic E-state index is 13.4. The van der Waals surface area contributed by atoms with Gasteiger partial charge < -0.3 is 4.55 Å². The minimum absolute atomic E-state index is 0.201. The lowest BCUT2D eigenvalue weighted by molar-refractivity contribution is 0.100. The van der Waals surface area contributed by atoms with Crippen LogP contribution in [0.15, 0.2) is 97.6 Å². The van der Waals surface area contributed by atoms with Crippen LogP contribution in [0.5, 0.6) is 0 Å². The van der Waals surface area contributed by atoms with Gasteiger partial charge in [0.15, 0.2) is 0 Å². The summed E-state index contributed by atoms with van der Waals surface area (Å²) in [6.07, 6.45) is 2.39. The first-order valence-electron chi connectivity index (χ1n) is 11.8. The van der Waals surface area contributed by atoms with Crippen molar-refractivity contribution in [1.29, 1.82) is 0 Å². The zero-order chi connectivity index (χ0) is 26.8. The fraction of sp³-hybridized carbons (Fsp3) is 0.0667. The van der Waals surface area contributed by atoms with Crippen molar-refractivity contribution in [3.05, 3.63) is 131 Å². The molecule has 1 amide bonds. The largest absolute Gasteiger partial charge is 0.755 e. The summed E-state index contributed by atoms with van der Waals surface area (Å²) in [6, 6.07) is 27.5. The molecule has 8 heteroatoms. The molecule has 190 valence electrons. The van der Waals surface area contributed by atoms with Crippen molar-refractivity contribution in [1.82, 2.24) is 9.55 Å². The standard InChI is InChI=1S/C30H24ClN3O3S/c1-3-21-9-13-25(14-10-21)34(38(36)37)30(35)24-12-15-27-29(19-24)33(20(2)32-27)28-16-11-23(18-26(28)31)17-22-7-5-4-6-8-22/h3-16,18-19H,1,17H2,2H3,(H,36,37)/p-1. The summed E-state index contributed by atoms with van der Waals surface area (Å²) in [4.78, 5) is 18.0. The summed E-state index contributed by atoms with van der Waals surface area (Å²) < 4.78 is 26.8. The quantitative estimate of drug-likeness (QED) is 0.216.